The van der Waals surface area contributed by atoms with Gasteiger partial charge in [-0.1, -0.05) is 0 Å². The van der Waals surface area contributed by atoms with E-state index in [0.29, 0.717) is 18.9 Å². The zero-order valence-electron chi connectivity index (χ0n) is 11.8. The van der Waals surface area contributed by atoms with Gasteiger partial charge in [-0.05, 0) is 32.1 Å². The Bertz CT molecular complexity index is 589. The van der Waals surface area contributed by atoms with Gasteiger partial charge in [0.25, 0.3) is 0 Å². The van der Waals surface area contributed by atoms with E-state index < -0.39 is 11.9 Å². The molecular formula is C15H19N3O3. The van der Waals surface area contributed by atoms with E-state index in [-0.39, 0.29) is 18.0 Å². The molecule has 1 amide bonds. The molecule has 0 radical (unpaired) electrons. The second-order valence-corrected chi connectivity index (χ2v) is 6.42. The fourth-order valence-corrected chi connectivity index (χ4v) is 3.51. The maximum atomic E-state index is 12.3. The van der Waals surface area contributed by atoms with Crippen molar-refractivity contribution in [3.05, 3.63) is 18.2 Å². The van der Waals surface area contributed by atoms with E-state index in [1.54, 1.807) is 12.5 Å². The van der Waals surface area contributed by atoms with Crippen LogP contribution in [0.4, 0.5) is 0 Å². The van der Waals surface area contributed by atoms with E-state index in [2.05, 4.69) is 9.55 Å². The standard InChI is InChI=1S/C15H19N3O3/c19-13-6-5-11(15(20)21)14(18(13)10-3-4-10)12-7-16-8-17(12)9-1-2-9/h7-11,14H,1-6H2,(H,20,21). The number of rotatable bonds is 4. The SMILES string of the molecule is O=C(O)C1CCC(=O)N(C2CC2)C1c1cncn1C1CC1. The molecule has 2 atom stereocenters. The zero-order chi connectivity index (χ0) is 14.6. The molecule has 21 heavy (non-hydrogen) atoms. The maximum Gasteiger partial charge on any atom is 0.309 e. The molecule has 1 saturated heterocycles. The second-order valence-electron chi connectivity index (χ2n) is 6.42. The summed E-state index contributed by atoms with van der Waals surface area (Å²) in [6.45, 7) is 0. The summed E-state index contributed by atoms with van der Waals surface area (Å²) in [5, 5.41) is 9.59. The predicted octanol–water partition coefficient (Wildman–Crippen LogP) is 1.74. The number of aromatic nitrogens is 2. The summed E-state index contributed by atoms with van der Waals surface area (Å²) in [5.74, 6) is -1.22. The first-order valence-corrected chi connectivity index (χ1v) is 7.72. The third kappa shape index (κ3) is 2.13. The van der Waals surface area contributed by atoms with Gasteiger partial charge in [0, 0.05) is 18.5 Å². The third-order valence-corrected chi connectivity index (χ3v) is 4.83. The molecular weight excluding hydrogens is 270 g/mol. The van der Waals surface area contributed by atoms with Gasteiger partial charge >= 0.3 is 5.97 Å². The van der Waals surface area contributed by atoms with E-state index in [1.807, 2.05) is 4.90 Å². The molecule has 0 bridgehead atoms. The summed E-state index contributed by atoms with van der Waals surface area (Å²) < 4.78 is 2.09. The summed E-state index contributed by atoms with van der Waals surface area (Å²) in [6, 6.07) is 0.321. The number of piperidine rings is 1. The molecule has 4 rings (SSSR count). The van der Waals surface area contributed by atoms with E-state index in [1.165, 1.54) is 0 Å². The minimum Gasteiger partial charge on any atom is -0.481 e. The lowest BCUT2D eigenvalue weighted by Crippen LogP contribution is -2.47. The molecule has 1 aromatic rings. The number of carbonyl (C=O) groups is 2. The molecule has 0 spiro atoms. The smallest absolute Gasteiger partial charge is 0.309 e. The van der Waals surface area contributed by atoms with Crippen molar-refractivity contribution in [2.24, 2.45) is 5.92 Å². The number of nitrogens with zero attached hydrogens (tertiary/aromatic N) is 3. The summed E-state index contributed by atoms with van der Waals surface area (Å²) >= 11 is 0. The molecule has 1 aromatic heterocycles. The fraction of sp³-hybridized carbons (Fsp3) is 0.667. The van der Waals surface area contributed by atoms with Gasteiger partial charge < -0.3 is 14.6 Å². The molecule has 2 aliphatic carbocycles. The molecule has 6 heteroatoms. The van der Waals surface area contributed by atoms with Crippen molar-refractivity contribution in [2.75, 3.05) is 0 Å². The Morgan fingerprint density at radius 1 is 1.19 bits per heavy atom. The summed E-state index contributed by atoms with van der Waals surface area (Å²) in [6.07, 6.45) is 8.54. The Labute approximate surface area is 122 Å². The summed E-state index contributed by atoms with van der Waals surface area (Å²) in [5.41, 5.74) is 0.907. The average molecular weight is 289 g/mol. The predicted molar refractivity (Wildman–Crippen MR) is 73.5 cm³/mol. The third-order valence-electron chi connectivity index (χ3n) is 4.83. The van der Waals surface area contributed by atoms with Crippen molar-refractivity contribution in [1.29, 1.82) is 0 Å². The van der Waals surface area contributed by atoms with Crippen LogP contribution >= 0.6 is 0 Å². The normalized spacial score (nSPS) is 29.7. The minimum atomic E-state index is -0.804. The van der Waals surface area contributed by atoms with Crippen LogP contribution in [0.5, 0.6) is 0 Å². The van der Waals surface area contributed by atoms with Crippen LogP contribution in [0.2, 0.25) is 0 Å². The molecule has 3 fully saturated rings. The lowest BCUT2D eigenvalue weighted by atomic mass is 9.86. The van der Waals surface area contributed by atoms with Crippen LogP contribution < -0.4 is 0 Å². The minimum absolute atomic E-state index is 0.101. The quantitative estimate of drug-likeness (QED) is 0.916. The van der Waals surface area contributed by atoms with Crippen molar-refractivity contribution in [3.63, 3.8) is 0 Å². The monoisotopic (exact) mass is 289 g/mol. The Morgan fingerprint density at radius 3 is 2.52 bits per heavy atom. The van der Waals surface area contributed by atoms with E-state index in [9.17, 15) is 14.7 Å². The Kier molecular flexibility index (Phi) is 2.80. The molecule has 1 N–H and O–H groups in total. The maximum absolute atomic E-state index is 12.3. The highest BCUT2D eigenvalue weighted by Crippen LogP contribution is 2.46. The zero-order valence-corrected chi connectivity index (χ0v) is 11.8. The fourth-order valence-electron chi connectivity index (χ4n) is 3.51. The number of carbonyl (C=O) groups excluding carboxylic acids is 1. The number of amides is 1. The molecule has 6 nitrogen and oxygen atoms in total. The van der Waals surface area contributed by atoms with Crippen molar-refractivity contribution in [2.45, 2.75) is 56.7 Å². The number of imidazole rings is 1. The molecule has 2 unspecified atom stereocenters. The van der Waals surface area contributed by atoms with Crippen LogP contribution in [0, 0.1) is 5.92 Å². The van der Waals surface area contributed by atoms with Crippen molar-refractivity contribution < 1.29 is 14.7 Å². The lowest BCUT2D eigenvalue weighted by Gasteiger charge is -2.40. The van der Waals surface area contributed by atoms with Crippen molar-refractivity contribution >= 4 is 11.9 Å². The van der Waals surface area contributed by atoms with Gasteiger partial charge in [-0.3, -0.25) is 9.59 Å². The molecule has 2 saturated carbocycles. The Hall–Kier alpha value is -1.85. The first kappa shape index (κ1) is 12.9. The van der Waals surface area contributed by atoms with Gasteiger partial charge in [-0.2, -0.15) is 0 Å². The van der Waals surface area contributed by atoms with E-state index in [4.69, 9.17) is 0 Å². The average Bonchev–Trinajstić information content (AvgIpc) is 3.37. The highest BCUT2D eigenvalue weighted by Gasteiger charge is 2.48. The first-order chi connectivity index (χ1) is 10.2. The van der Waals surface area contributed by atoms with Gasteiger partial charge in [0.2, 0.25) is 5.91 Å². The second kappa shape index (κ2) is 4.58. The number of hydrogen-bond acceptors (Lipinski definition) is 3. The van der Waals surface area contributed by atoms with E-state index >= 15 is 0 Å². The van der Waals surface area contributed by atoms with Gasteiger partial charge in [-0.25, -0.2) is 4.98 Å². The van der Waals surface area contributed by atoms with Crippen LogP contribution in [0.3, 0.4) is 0 Å². The van der Waals surface area contributed by atoms with Crippen LogP contribution in [0.25, 0.3) is 0 Å². The van der Waals surface area contributed by atoms with E-state index in [0.717, 1.165) is 31.4 Å². The number of hydrogen-bond donors (Lipinski definition) is 1. The van der Waals surface area contributed by atoms with Gasteiger partial charge in [0.1, 0.15) is 0 Å². The summed E-state index contributed by atoms with van der Waals surface area (Å²) in [7, 11) is 0. The number of likely N-dealkylation sites (tertiary alicyclic amines) is 1. The molecule has 2 heterocycles. The number of carboxylic acid groups (broad SMARTS) is 1. The molecule has 112 valence electrons. The van der Waals surface area contributed by atoms with Crippen LogP contribution in [-0.4, -0.2) is 37.5 Å². The van der Waals surface area contributed by atoms with Crippen LogP contribution in [0.1, 0.15) is 56.3 Å². The number of aliphatic carboxylic acids is 1. The Balaban J connectivity index is 1.76. The molecule has 3 aliphatic rings. The van der Waals surface area contributed by atoms with Gasteiger partial charge in [-0.15, -0.1) is 0 Å². The van der Waals surface area contributed by atoms with Gasteiger partial charge in [0.05, 0.1) is 30.2 Å². The first-order valence-electron chi connectivity index (χ1n) is 7.72. The highest BCUT2D eigenvalue weighted by atomic mass is 16.4. The summed E-state index contributed by atoms with van der Waals surface area (Å²) in [4.78, 5) is 30.1. The number of carboxylic acids is 1. The van der Waals surface area contributed by atoms with Gasteiger partial charge in [0.15, 0.2) is 0 Å². The van der Waals surface area contributed by atoms with Crippen LogP contribution in [-0.2, 0) is 9.59 Å². The largest absolute Gasteiger partial charge is 0.481 e. The van der Waals surface area contributed by atoms with Crippen molar-refractivity contribution in [3.8, 4) is 0 Å². The Morgan fingerprint density at radius 2 is 1.90 bits per heavy atom. The highest BCUT2D eigenvalue weighted by molar-refractivity contribution is 5.82. The van der Waals surface area contributed by atoms with Crippen LogP contribution in [0.15, 0.2) is 12.5 Å². The lowest BCUT2D eigenvalue weighted by molar-refractivity contribution is -0.152. The molecule has 0 aromatic carbocycles. The van der Waals surface area contributed by atoms with Crippen molar-refractivity contribution in [1.82, 2.24) is 14.5 Å². The topological polar surface area (TPSA) is 75.4 Å². The molecule has 1 aliphatic heterocycles.